The van der Waals surface area contributed by atoms with Crippen LogP contribution in [0.1, 0.15) is 232 Å². The lowest BCUT2D eigenvalue weighted by Gasteiger charge is -2.20. The summed E-state index contributed by atoms with van der Waals surface area (Å²) in [4.78, 5) is 37.1. The Morgan fingerprint density at radius 1 is 0.491 bits per heavy atom. The Bertz CT molecular complexity index is 889. The van der Waals surface area contributed by atoms with Crippen LogP contribution in [-0.2, 0) is 32.7 Å². The van der Waals surface area contributed by atoms with Crippen molar-refractivity contribution < 1.29 is 37.6 Å². The van der Waals surface area contributed by atoms with Crippen molar-refractivity contribution in [3.63, 3.8) is 0 Å². The van der Waals surface area contributed by atoms with Gasteiger partial charge in [0.05, 0.1) is 13.2 Å². The number of carbonyl (C=O) groups is 2. The van der Waals surface area contributed by atoms with Crippen molar-refractivity contribution in [1.82, 2.24) is 4.90 Å². The molecule has 0 radical (unpaired) electrons. The molecule has 0 saturated carbocycles. The first-order chi connectivity index (χ1) is 26.7. The van der Waals surface area contributed by atoms with E-state index in [0.29, 0.717) is 13.0 Å². The number of rotatable bonds is 44. The molecule has 2 unspecified atom stereocenters. The number of phosphoric ester groups is 1. The van der Waals surface area contributed by atoms with Gasteiger partial charge in [-0.15, -0.1) is 0 Å². The molecule has 0 aliphatic carbocycles. The summed E-state index contributed by atoms with van der Waals surface area (Å²) in [5.74, 6) is -0.785. The van der Waals surface area contributed by atoms with E-state index in [1.807, 2.05) is 19.0 Å². The third-order valence-electron chi connectivity index (χ3n) is 10.4. The molecule has 0 aromatic heterocycles. The lowest BCUT2D eigenvalue weighted by molar-refractivity contribution is -0.161. The summed E-state index contributed by atoms with van der Waals surface area (Å²) < 4.78 is 33.5. The van der Waals surface area contributed by atoms with Crippen LogP contribution in [0.3, 0.4) is 0 Å². The normalized spacial score (nSPS) is 13.3. The minimum absolute atomic E-state index is 0.0126. The smallest absolute Gasteiger partial charge is 0.462 e. The van der Waals surface area contributed by atoms with E-state index in [2.05, 4.69) is 13.8 Å². The molecule has 0 rings (SSSR count). The van der Waals surface area contributed by atoms with E-state index in [4.69, 9.17) is 18.5 Å². The molecule has 0 aliphatic rings. The first-order valence-corrected chi connectivity index (χ1v) is 24.8. The van der Waals surface area contributed by atoms with E-state index < -0.39 is 26.5 Å². The Labute approximate surface area is 340 Å². The second-order valence-corrected chi connectivity index (χ2v) is 17.8. The van der Waals surface area contributed by atoms with Gasteiger partial charge in [0.15, 0.2) is 6.10 Å². The van der Waals surface area contributed by atoms with Gasteiger partial charge in [0, 0.05) is 19.4 Å². The van der Waals surface area contributed by atoms with Crippen molar-refractivity contribution in [2.45, 2.75) is 238 Å². The zero-order valence-corrected chi connectivity index (χ0v) is 37.5. The predicted molar refractivity (Wildman–Crippen MR) is 229 cm³/mol. The van der Waals surface area contributed by atoms with Crippen LogP contribution in [-0.4, -0.2) is 68.3 Å². The second kappa shape index (κ2) is 41.2. The van der Waals surface area contributed by atoms with Gasteiger partial charge < -0.3 is 19.3 Å². The Kier molecular flexibility index (Phi) is 40.4. The molecule has 9 nitrogen and oxygen atoms in total. The number of nitrogens with zero attached hydrogens (tertiary/aromatic N) is 1. The first-order valence-electron chi connectivity index (χ1n) is 23.3. The van der Waals surface area contributed by atoms with Crippen LogP contribution >= 0.6 is 7.82 Å². The highest BCUT2D eigenvalue weighted by atomic mass is 31.2. The van der Waals surface area contributed by atoms with Crippen molar-refractivity contribution in [2.24, 2.45) is 0 Å². The predicted octanol–water partition coefficient (Wildman–Crippen LogP) is 13.4. The van der Waals surface area contributed by atoms with E-state index in [-0.39, 0.29) is 25.6 Å². The number of ether oxygens (including phenoxy) is 2. The van der Waals surface area contributed by atoms with Crippen molar-refractivity contribution in [3.8, 4) is 0 Å². The standard InChI is InChI=1S/C45H90NO8P/c1-5-7-9-11-13-15-17-19-20-21-22-23-24-26-27-29-31-33-35-37-44(47)51-41-43(42-53-55(49,50)52-40-39-46(3)4)54-45(48)38-36-34-32-30-28-25-18-16-14-12-10-8-6-2/h43H,5-42H2,1-4H3,(H,49,50). The van der Waals surface area contributed by atoms with Gasteiger partial charge in [0.2, 0.25) is 0 Å². The second-order valence-electron chi connectivity index (χ2n) is 16.3. The summed E-state index contributed by atoms with van der Waals surface area (Å²) in [6.07, 6.45) is 40.0. The molecule has 328 valence electrons. The third kappa shape index (κ3) is 42.4. The quantitative estimate of drug-likeness (QED) is 0.0365. The highest BCUT2D eigenvalue weighted by molar-refractivity contribution is 7.47. The van der Waals surface area contributed by atoms with Crippen LogP contribution in [0.2, 0.25) is 0 Å². The molecule has 0 fully saturated rings. The van der Waals surface area contributed by atoms with Gasteiger partial charge in [0.1, 0.15) is 6.61 Å². The highest BCUT2D eigenvalue weighted by Gasteiger charge is 2.26. The third-order valence-corrected chi connectivity index (χ3v) is 11.4. The number of hydrogen-bond donors (Lipinski definition) is 1. The van der Waals surface area contributed by atoms with Crippen LogP contribution in [0.5, 0.6) is 0 Å². The van der Waals surface area contributed by atoms with Crippen LogP contribution in [0, 0.1) is 0 Å². The summed E-state index contributed by atoms with van der Waals surface area (Å²) in [7, 11) is -0.696. The minimum atomic E-state index is -4.35. The molecule has 1 N–H and O–H groups in total. The van der Waals surface area contributed by atoms with Crippen LogP contribution in [0.15, 0.2) is 0 Å². The van der Waals surface area contributed by atoms with Crippen LogP contribution < -0.4 is 0 Å². The molecule has 0 saturated heterocycles. The van der Waals surface area contributed by atoms with Crippen LogP contribution in [0.4, 0.5) is 0 Å². The zero-order valence-electron chi connectivity index (χ0n) is 36.6. The number of likely N-dealkylation sites (N-methyl/N-ethyl adjacent to an activating group) is 1. The summed E-state index contributed by atoms with van der Waals surface area (Å²) >= 11 is 0. The molecule has 0 amide bonds. The Hall–Kier alpha value is -0.990. The maximum absolute atomic E-state index is 12.6. The van der Waals surface area contributed by atoms with E-state index in [1.165, 1.54) is 167 Å². The molecular formula is C45H90NO8P. The van der Waals surface area contributed by atoms with E-state index in [0.717, 1.165) is 38.5 Å². The topological polar surface area (TPSA) is 112 Å². The SMILES string of the molecule is CCCCCCCCCCCCCCCCCCCCCC(=O)OCC(COP(=O)(O)OCCN(C)C)OC(=O)CCCCCCCCCCCCCCC. The van der Waals surface area contributed by atoms with E-state index in [1.54, 1.807) is 0 Å². The lowest BCUT2D eigenvalue weighted by atomic mass is 10.0. The average molecular weight is 804 g/mol. The van der Waals surface area contributed by atoms with Gasteiger partial charge in [-0.05, 0) is 26.9 Å². The molecular weight excluding hydrogens is 713 g/mol. The van der Waals surface area contributed by atoms with E-state index >= 15 is 0 Å². The number of phosphoric acid groups is 1. The molecule has 55 heavy (non-hydrogen) atoms. The highest BCUT2D eigenvalue weighted by Crippen LogP contribution is 2.43. The van der Waals surface area contributed by atoms with Gasteiger partial charge in [-0.1, -0.05) is 206 Å². The summed E-state index contributed by atoms with van der Waals surface area (Å²) in [5, 5.41) is 0. The molecule has 0 aliphatic heterocycles. The van der Waals surface area contributed by atoms with Crippen molar-refractivity contribution in [3.05, 3.63) is 0 Å². The van der Waals surface area contributed by atoms with Gasteiger partial charge in [-0.25, -0.2) is 4.57 Å². The van der Waals surface area contributed by atoms with Crippen molar-refractivity contribution >= 4 is 19.8 Å². The Balaban J connectivity index is 4.16. The number of carbonyl (C=O) groups excluding carboxylic acids is 2. The van der Waals surface area contributed by atoms with E-state index in [9.17, 15) is 19.0 Å². The van der Waals surface area contributed by atoms with Gasteiger partial charge >= 0.3 is 19.8 Å². The Morgan fingerprint density at radius 3 is 1.16 bits per heavy atom. The zero-order chi connectivity index (χ0) is 40.5. The fraction of sp³-hybridized carbons (Fsp3) is 0.956. The van der Waals surface area contributed by atoms with Gasteiger partial charge in [-0.2, -0.15) is 0 Å². The molecule has 0 heterocycles. The van der Waals surface area contributed by atoms with Crippen LogP contribution in [0.25, 0.3) is 0 Å². The molecule has 0 bridgehead atoms. The summed E-state index contributed by atoms with van der Waals surface area (Å²) in [5.41, 5.74) is 0. The summed E-state index contributed by atoms with van der Waals surface area (Å²) in [6.45, 7) is 4.37. The molecule has 0 spiro atoms. The minimum Gasteiger partial charge on any atom is -0.462 e. The number of unbranched alkanes of at least 4 members (excludes halogenated alkanes) is 30. The fourth-order valence-electron chi connectivity index (χ4n) is 6.81. The Morgan fingerprint density at radius 2 is 0.818 bits per heavy atom. The molecule has 2 atom stereocenters. The van der Waals surface area contributed by atoms with Gasteiger partial charge in [0.25, 0.3) is 0 Å². The molecule has 0 aromatic rings. The van der Waals surface area contributed by atoms with Gasteiger partial charge in [-0.3, -0.25) is 18.6 Å². The largest absolute Gasteiger partial charge is 0.472 e. The molecule has 0 aromatic carbocycles. The lowest BCUT2D eigenvalue weighted by Crippen LogP contribution is -2.29. The maximum Gasteiger partial charge on any atom is 0.472 e. The number of hydrogen-bond acceptors (Lipinski definition) is 8. The van der Waals surface area contributed by atoms with Crippen molar-refractivity contribution in [2.75, 3.05) is 40.5 Å². The monoisotopic (exact) mass is 804 g/mol. The first kappa shape index (κ1) is 54.0. The maximum atomic E-state index is 12.6. The molecule has 10 heteroatoms. The fourth-order valence-corrected chi connectivity index (χ4v) is 7.55. The van der Waals surface area contributed by atoms with Crippen molar-refractivity contribution in [1.29, 1.82) is 0 Å². The average Bonchev–Trinajstić information content (AvgIpc) is 3.15. The summed E-state index contributed by atoms with van der Waals surface area (Å²) in [6, 6.07) is 0. The number of esters is 2.